The number of rotatable bonds is 10. The summed E-state index contributed by atoms with van der Waals surface area (Å²) in [5.74, 6) is 1.57. The first-order valence-corrected chi connectivity index (χ1v) is 12.5. The molecule has 33 heavy (non-hydrogen) atoms. The van der Waals surface area contributed by atoms with E-state index in [9.17, 15) is 0 Å². The minimum Gasteiger partial charge on any atom is -0.379 e. The molecule has 0 bridgehead atoms. The van der Waals surface area contributed by atoms with Crippen molar-refractivity contribution in [1.29, 1.82) is 0 Å². The number of nitrogens with one attached hydrogen (secondary N) is 2. The molecule has 2 aliphatic heterocycles. The Balaban J connectivity index is 0.00000385. The number of halogens is 1. The number of aliphatic imine (C=N–C) groups is 1. The lowest BCUT2D eigenvalue weighted by atomic mass is 9.92. The van der Waals surface area contributed by atoms with Crippen molar-refractivity contribution in [3.8, 4) is 0 Å². The fraction of sp³-hybridized carbons (Fsp3) is 0.720. The van der Waals surface area contributed by atoms with Crippen molar-refractivity contribution in [3.05, 3.63) is 29.8 Å². The van der Waals surface area contributed by atoms with Crippen LogP contribution in [0.3, 0.4) is 0 Å². The van der Waals surface area contributed by atoms with Crippen molar-refractivity contribution in [1.82, 2.24) is 15.5 Å². The van der Waals surface area contributed by atoms with E-state index in [0.29, 0.717) is 18.5 Å². The van der Waals surface area contributed by atoms with Crippen LogP contribution in [0.15, 0.2) is 29.3 Å². The van der Waals surface area contributed by atoms with E-state index in [1.807, 2.05) is 0 Å². The maximum absolute atomic E-state index is 5.59. The van der Waals surface area contributed by atoms with Crippen molar-refractivity contribution in [2.24, 2.45) is 10.9 Å². The van der Waals surface area contributed by atoms with Gasteiger partial charge in [-0.25, -0.2) is 4.99 Å². The van der Waals surface area contributed by atoms with E-state index >= 15 is 0 Å². The molecule has 0 saturated carbocycles. The Kier molecular flexibility index (Phi) is 13.4. The number of hydrogen-bond donors (Lipinski definition) is 2. The highest BCUT2D eigenvalue weighted by molar-refractivity contribution is 14.0. The Morgan fingerprint density at radius 2 is 1.52 bits per heavy atom. The number of hydrogen-bond acceptors (Lipinski definition) is 5. The van der Waals surface area contributed by atoms with Gasteiger partial charge in [0.25, 0.3) is 0 Å². The lowest BCUT2D eigenvalue weighted by molar-refractivity contribution is 0.00272. The van der Waals surface area contributed by atoms with E-state index in [4.69, 9.17) is 14.5 Å². The van der Waals surface area contributed by atoms with Crippen molar-refractivity contribution < 1.29 is 9.47 Å². The van der Waals surface area contributed by atoms with Gasteiger partial charge < -0.3 is 25.0 Å². The zero-order valence-corrected chi connectivity index (χ0v) is 23.1. The number of anilines is 1. The minimum atomic E-state index is 0. The van der Waals surface area contributed by atoms with Gasteiger partial charge in [-0.2, -0.15) is 0 Å². The van der Waals surface area contributed by atoms with Crippen LogP contribution in [0.5, 0.6) is 0 Å². The molecule has 2 fully saturated rings. The van der Waals surface area contributed by atoms with Crippen LogP contribution in [-0.2, 0) is 16.0 Å². The molecule has 0 amide bonds. The van der Waals surface area contributed by atoms with Crippen molar-refractivity contribution in [2.75, 3.05) is 70.6 Å². The number of morpholine rings is 2. The molecule has 2 saturated heterocycles. The molecule has 2 aliphatic rings. The molecule has 1 aromatic rings. The molecule has 2 heterocycles. The first-order valence-electron chi connectivity index (χ1n) is 12.5. The highest BCUT2D eigenvalue weighted by Gasteiger charge is 2.27. The van der Waals surface area contributed by atoms with Crippen LogP contribution in [0.4, 0.5) is 5.69 Å². The van der Waals surface area contributed by atoms with E-state index in [0.717, 1.165) is 71.7 Å². The summed E-state index contributed by atoms with van der Waals surface area (Å²) in [7, 11) is 0. The van der Waals surface area contributed by atoms with Crippen LogP contribution in [-0.4, -0.2) is 82.6 Å². The maximum atomic E-state index is 5.59. The smallest absolute Gasteiger partial charge is 0.191 e. The molecule has 2 N–H and O–H groups in total. The lowest BCUT2D eigenvalue weighted by Gasteiger charge is -2.39. The van der Waals surface area contributed by atoms with Crippen LogP contribution in [0, 0.1) is 5.92 Å². The summed E-state index contributed by atoms with van der Waals surface area (Å²) in [5.41, 5.74) is 2.49. The van der Waals surface area contributed by atoms with Crippen molar-refractivity contribution >= 4 is 35.6 Å². The molecule has 0 radical (unpaired) electrons. The topological polar surface area (TPSA) is 61.4 Å². The Hall–Kier alpha value is -1.10. The number of ether oxygens (including phenoxy) is 2. The second-order valence-corrected chi connectivity index (χ2v) is 8.63. The molecule has 188 valence electrons. The zero-order chi connectivity index (χ0) is 22.6. The summed E-state index contributed by atoms with van der Waals surface area (Å²) in [6.45, 7) is 16.4. The summed E-state index contributed by atoms with van der Waals surface area (Å²) in [6.07, 6.45) is 2.40. The van der Waals surface area contributed by atoms with Gasteiger partial charge in [0, 0.05) is 51.0 Å². The number of benzene rings is 1. The van der Waals surface area contributed by atoms with Gasteiger partial charge in [0.1, 0.15) is 0 Å². The van der Waals surface area contributed by atoms with Gasteiger partial charge in [0.2, 0.25) is 0 Å². The molecule has 3 rings (SSSR count). The van der Waals surface area contributed by atoms with Gasteiger partial charge in [-0.3, -0.25) is 4.90 Å². The quantitative estimate of drug-likeness (QED) is 0.255. The normalized spacial score (nSPS) is 18.7. The summed E-state index contributed by atoms with van der Waals surface area (Å²) in [6, 6.07) is 9.30. The molecule has 8 heteroatoms. The van der Waals surface area contributed by atoms with Gasteiger partial charge in [-0.15, -0.1) is 24.0 Å². The van der Waals surface area contributed by atoms with Gasteiger partial charge in [-0.05, 0) is 30.5 Å². The monoisotopic (exact) mass is 573 g/mol. The van der Waals surface area contributed by atoms with E-state index in [2.05, 4.69) is 65.5 Å². The first-order chi connectivity index (χ1) is 15.7. The van der Waals surface area contributed by atoms with Crippen LogP contribution >= 0.6 is 24.0 Å². The molecular formula is C25H44IN5O2. The van der Waals surface area contributed by atoms with Crippen molar-refractivity contribution in [2.45, 2.75) is 46.2 Å². The van der Waals surface area contributed by atoms with Gasteiger partial charge in [-0.1, -0.05) is 38.8 Å². The first kappa shape index (κ1) is 28.1. The third kappa shape index (κ3) is 8.88. The molecule has 0 aromatic heterocycles. The van der Waals surface area contributed by atoms with E-state index in [1.165, 1.54) is 24.1 Å². The third-order valence-electron chi connectivity index (χ3n) is 6.66. The third-order valence-corrected chi connectivity index (χ3v) is 6.66. The summed E-state index contributed by atoms with van der Waals surface area (Å²) in [5, 5.41) is 7.06. The fourth-order valence-electron chi connectivity index (χ4n) is 4.68. The van der Waals surface area contributed by atoms with Crippen LogP contribution in [0.1, 0.15) is 39.2 Å². The molecule has 1 atom stereocenters. The number of guanidine groups is 1. The van der Waals surface area contributed by atoms with Crippen LogP contribution < -0.4 is 15.5 Å². The molecule has 0 aliphatic carbocycles. The van der Waals surface area contributed by atoms with Crippen molar-refractivity contribution in [3.63, 3.8) is 0 Å². The van der Waals surface area contributed by atoms with Gasteiger partial charge in [0.15, 0.2) is 5.96 Å². The summed E-state index contributed by atoms with van der Waals surface area (Å²) < 4.78 is 11.0. The summed E-state index contributed by atoms with van der Waals surface area (Å²) in [4.78, 5) is 9.85. The minimum absolute atomic E-state index is 0. The van der Waals surface area contributed by atoms with Crippen LogP contribution in [0.25, 0.3) is 0 Å². The predicted molar refractivity (Wildman–Crippen MR) is 148 cm³/mol. The summed E-state index contributed by atoms with van der Waals surface area (Å²) >= 11 is 0. The number of nitrogens with zero attached hydrogens (tertiary/aromatic N) is 3. The van der Waals surface area contributed by atoms with E-state index < -0.39 is 0 Å². The molecule has 7 nitrogen and oxygen atoms in total. The van der Waals surface area contributed by atoms with Gasteiger partial charge >= 0.3 is 0 Å². The lowest BCUT2D eigenvalue weighted by Crippen LogP contribution is -2.53. The molecule has 1 aromatic carbocycles. The average Bonchev–Trinajstić information content (AvgIpc) is 2.86. The Morgan fingerprint density at radius 3 is 2.09 bits per heavy atom. The molecular weight excluding hydrogens is 529 g/mol. The SMILES string of the molecule is CCNC(=NCc1ccc(N2CCOCC2)cc1)NCC(C(CC)CC)N1CCOCC1.I. The highest BCUT2D eigenvalue weighted by Crippen LogP contribution is 2.20. The fourth-order valence-corrected chi connectivity index (χ4v) is 4.68. The second-order valence-electron chi connectivity index (χ2n) is 8.63. The standard InChI is InChI=1S/C25H43N5O2.HI/c1-4-22(5-2)24(30-13-17-32-18-14-30)20-28-25(26-6-3)27-19-21-7-9-23(10-8-21)29-11-15-31-16-12-29;/h7-10,22,24H,4-6,11-20H2,1-3H3,(H2,26,27,28);1H. The predicted octanol–water partition coefficient (Wildman–Crippen LogP) is 3.33. The highest BCUT2D eigenvalue weighted by atomic mass is 127. The van der Waals surface area contributed by atoms with E-state index in [1.54, 1.807) is 0 Å². The molecule has 0 spiro atoms. The maximum Gasteiger partial charge on any atom is 0.191 e. The largest absolute Gasteiger partial charge is 0.379 e. The molecule has 1 unspecified atom stereocenters. The Morgan fingerprint density at radius 1 is 0.909 bits per heavy atom. The second kappa shape index (κ2) is 15.7. The zero-order valence-electron chi connectivity index (χ0n) is 20.7. The van der Waals surface area contributed by atoms with Crippen LogP contribution in [0.2, 0.25) is 0 Å². The Bertz CT molecular complexity index is 672. The average molecular weight is 574 g/mol. The van der Waals surface area contributed by atoms with E-state index in [-0.39, 0.29) is 24.0 Å². The Labute approximate surface area is 217 Å². The van der Waals surface area contributed by atoms with Gasteiger partial charge in [0.05, 0.1) is 33.0 Å².